The van der Waals surface area contributed by atoms with Crippen LogP contribution in [0.1, 0.15) is 19.4 Å². The van der Waals surface area contributed by atoms with Gasteiger partial charge in [-0.3, -0.25) is 4.21 Å². The number of benzene rings is 1. The van der Waals surface area contributed by atoms with Crippen molar-refractivity contribution in [2.45, 2.75) is 24.8 Å². The number of aromatic amines is 1. The van der Waals surface area contributed by atoms with Gasteiger partial charge in [0.15, 0.2) is 5.16 Å². The Morgan fingerprint density at radius 3 is 2.90 bits per heavy atom. The Morgan fingerprint density at radius 2 is 2.25 bits per heavy atom. The molecule has 0 fully saturated rings. The average Bonchev–Trinajstić information content (AvgIpc) is 2.93. The molecule has 1 aromatic heterocycles. The SMILES string of the molecule is CC(C)CNc1cc(F)ccc1CS(=O)c1ncc[nH]1. The first-order valence-electron chi connectivity index (χ1n) is 6.46. The van der Waals surface area contributed by atoms with Crippen LogP contribution in [-0.2, 0) is 16.6 Å². The van der Waals surface area contributed by atoms with Crippen LogP contribution in [0.5, 0.6) is 0 Å². The number of rotatable bonds is 6. The maximum absolute atomic E-state index is 13.3. The lowest BCUT2D eigenvalue weighted by molar-refractivity contribution is 0.626. The van der Waals surface area contributed by atoms with Gasteiger partial charge in [0.25, 0.3) is 0 Å². The summed E-state index contributed by atoms with van der Waals surface area (Å²) in [6, 6.07) is 4.49. The number of imidazole rings is 1. The fourth-order valence-corrected chi connectivity index (χ4v) is 2.79. The van der Waals surface area contributed by atoms with Gasteiger partial charge in [-0.15, -0.1) is 0 Å². The number of nitrogens with zero attached hydrogens (tertiary/aromatic N) is 1. The first-order chi connectivity index (χ1) is 9.56. The van der Waals surface area contributed by atoms with Crippen molar-refractivity contribution in [3.05, 3.63) is 42.0 Å². The summed E-state index contributed by atoms with van der Waals surface area (Å²) < 4.78 is 25.5. The molecule has 0 aliphatic rings. The molecular weight excluding hydrogens is 277 g/mol. The number of anilines is 1. The van der Waals surface area contributed by atoms with Gasteiger partial charge in [-0.05, 0) is 23.6 Å². The van der Waals surface area contributed by atoms with Crippen molar-refractivity contribution in [1.29, 1.82) is 0 Å². The molecule has 2 aromatic rings. The molecule has 2 N–H and O–H groups in total. The van der Waals surface area contributed by atoms with Crippen LogP contribution in [-0.4, -0.2) is 20.7 Å². The highest BCUT2D eigenvalue weighted by atomic mass is 32.2. The fourth-order valence-electron chi connectivity index (χ4n) is 1.74. The predicted octanol–water partition coefficient (Wildman–Crippen LogP) is 2.92. The molecule has 2 rings (SSSR count). The number of hydrogen-bond acceptors (Lipinski definition) is 3. The van der Waals surface area contributed by atoms with E-state index in [9.17, 15) is 8.60 Å². The quantitative estimate of drug-likeness (QED) is 0.861. The topological polar surface area (TPSA) is 57.8 Å². The molecule has 1 unspecified atom stereocenters. The smallest absolute Gasteiger partial charge is 0.196 e. The third-order valence-electron chi connectivity index (χ3n) is 2.75. The van der Waals surface area contributed by atoms with Crippen LogP contribution in [0.3, 0.4) is 0 Å². The van der Waals surface area contributed by atoms with Gasteiger partial charge in [0.05, 0.1) is 16.6 Å². The monoisotopic (exact) mass is 295 g/mol. The maximum atomic E-state index is 13.3. The van der Waals surface area contributed by atoms with Gasteiger partial charge >= 0.3 is 0 Å². The minimum absolute atomic E-state index is 0.300. The van der Waals surface area contributed by atoms with E-state index < -0.39 is 10.8 Å². The summed E-state index contributed by atoms with van der Waals surface area (Å²) in [7, 11) is -1.26. The van der Waals surface area contributed by atoms with Crippen molar-refractivity contribution in [2.75, 3.05) is 11.9 Å². The van der Waals surface area contributed by atoms with Crippen molar-refractivity contribution < 1.29 is 8.60 Å². The minimum Gasteiger partial charge on any atom is -0.384 e. The molecule has 108 valence electrons. The van der Waals surface area contributed by atoms with Crippen molar-refractivity contribution in [1.82, 2.24) is 9.97 Å². The molecule has 0 bridgehead atoms. The number of H-pyrrole nitrogens is 1. The zero-order valence-corrected chi connectivity index (χ0v) is 12.3. The minimum atomic E-state index is -1.26. The van der Waals surface area contributed by atoms with E-state index in [0.717, 1.165) is 12.1 Å². The van der Waals surface area contributed by atoms with E-state index in [1.54, 1.807) is 18.5 Å². The number of nitrogens with one attached hydrogen (secondary N) is 2. The standard InChI is InChI=1S/C14H18FN3OS/c1-10(2)8-18-13-7-12(15)4-3-11(13)9-20(19)14-16-5-6-17-14/h3-7,10,18H,8-9H2,1-2H3,(H,16,17). The Balaban J connectivity index is 2.16. The lowest BCUT2D eigenvalue weighted by atomic mass is 10.1. The second-order valence-electron chi connectivity index (χ2n) is 4.96. The van der Waals surface area contributed by atoms with Crippen molar-refractivity contribution >= 4 is 16.5 Å². The molecule has 0 saturated heterocycles. The molecule has 0 saturated carbocycles. The lowest BCUT2D eigenvalue weighted by Gasteiger charge is -2.13. The lowest BCUT2D eigenvalue weighted by Crippen LogP contribution is -2.11. The van der Waals surface area contributed by atoms with E-state index in [4.69, 9.17) is 0 Å². The number of halogens is 1. The maximum Gasteiger partial charge on any atom is 0.196 e. The molecular formula is C14H18FN3OS. The molecule has 4 nitrogen and oxygen atoms in total. The molecule has 6 heteroatoms. The number of aromatic nitrogens is 2. The fraction of sp³-hybridized carbons (Fsp3) is 0.357. The molecule has 1 heterocycles. The summed E-state index contributed by atoms with van der Waals surface area (Å²) >= 11 is 0. The van der Waals surface area contributed by atoms with Crippen molar-refractivity contribution in [2.24, 2.45) is 5.92 Å². The van der Waals surface area contributed by atoms with E-state index in [2.05, 4.69) is 29.1 Å². The normalized spacial score (nSPS) is 12.6. The average molecular weight is 295 g/mol. The van der Waals surface area contributed by atoms with E-state index in [0.29, 0.717) is 22.5 Å². The van der Waals surface area contributed by atoms with Crippen LogP contribution in [0.4, 0.5) is 10.1 Å². The largest absolute Gasteiger partial charge is 0.384 e. The van der Waals surface area contributed by atoms with Crippen LogP contribution < -0.4 is 5.32 Å². The Bertz CT molecular complexity index is 584. The Labute approximate surface area is 120 Å². The van der Waals surface area contributed by atoms with E-state index in [1.165, 1.54) is 12.1 Å². The van der Waals surface area contributed by atoms with Crippen LogP contribution in [0, 0.1) is 11.7 Å². The van der Waals surface area contributed by atoms with Crippen LogP contribution in [0.25, 0.3) is 0 Å². The van der Waals surface area contributed by atoms with E-state index >= 15 is 0 Å². The van der Waals surface area contributed by atoms with Gasteiger partial charge in [0, 0.05) is 24.6 Å². The highest BCUT2D eigenvalue weighted by molar-refractivity contribution is 7.84. The van der Waals surface area contributed by atoms with Gasteiger partial charge in [-0.1, -0.05) is 19.9 Å². The third-order valence-corrected chi connectivity index (χ3v) is 3.98. The molecule has 0 radical (unpaired) electrons. The summed E-state index contributed by atoms with van der Waals surface area (Å²) in [6.45, 7) is 4.89. The van der Waals surface area contributed by atoms with Gasteiger partial charge in [-0.25, -0.2) is 9.37 Å². The van der Waals surface area contributed by atoms with Crippen molar-refractivity contribution in [3.63, 3.8) is 0 Å². The summed E-state index contributed by atoms with van der Waals surface area (Å²) in [5, 5.41) is 3.63. The first-order valence-corrected chi connectivity index (χ1v) is 7.78. The molecule has 1 atom stereocenters. The molecule has 20 heavy (non-hydrogen) atoms. The predicted molar refractivity (Wildman–Crippen MR) is 78.4 cm³/mol. The summed E-state index contributed by atoms with van der Waals surface area (Å²) in [5.74, 6) is 0.444. The van der Waals surface area contributed by atoms with Gasteiger partial charge in [0.1, 0.15) is 5.82 Å². The Hall–Kier alpha value is -1.69. The molecule has 0 aliphatic carbocycles. The zero-order chi connectivity index (χ0) is 14.5. The van der Waals surface area contributed by atoms with Crippen LogP contribution in [0.15, 0.2) is 35.7 Å². The molecule has 1 aromatic carbocycles. The Kier molecular flexibility index (Phi) is 4.89. The van der Waals surface area contributed by atoms with E-state index in [1.807, 2.05) is 0 Å². The summed E-state index contributed by atoms with van der Waals surface area (Å²) in [6.07, 6.45) is 3.20. The molecule has 0 amide bonds. The first kappa shape index (κ1) is 14.7. The highest BCUT2D eigenvalue weighted by Gasteiger charge is 2.11. The second kappa shape index (κ2) is 6.65. The highest BCUT2D eigenvalue weighted by Crippen LogP contribution is 2.20. The Morgan fingerprint density at radius 1 is 1.45 bits per heavy atom. The summed E-state index contributed by atoms with van der Waals surface area (Å²) in [5.41, 5.74) is 1.51. The summed E-state index contributed by atoms with van der Waals surface area (Å²) in [4.78, 5) is 6.82. The van der Waals surface area contributed by atoms with E-state index in [-0.39, 0.29) is 5.82 Å². The molecule has 0 spiro atoms. The van der Waals surface area contributed by atoms with Crippen LogP contribution >= 0.6 is 0 Å². The van der Waals surface area contributed by atoms with Crippen LogP contribution in [0.2, 0.25) is 0 Å². The van der Waals surface area contributed by atoms with Gasteiger partial charge in [0.2, 0.25) is 0 Å². The third kappa shape index (κ3) is 3.90. The van der Waals surface area contributed by atoms with Gasteiger partial charge in [-0.2, -0.15) is 0 Å². The molecule has 0 aliphatic heterocycles. The van der Waals surface area contributed by atoms with Crippen molar-refractivity contribution in [3.8, 4) is 0 Å². The zero-order valence-electron chi connectivity index (χ0n) is 11.5. The van der Waals surface area contributed by atoms with Gasteiger partial charge < -0.3 is 10.3 Å². The number of hydrogen-bond donors (Lipinski definition) is 2. The second-order valence-corrected chi connectivity index (χ2v) is 6.33.